The molecule has 1 aliphatic carbocycles. The topological polar surface area (TPSA) is 65.5 Å². The molecular formula is C15H23N3O2. The SMILES string of the molecule is CCNc1cnccc1C(=O)N(CCO)C1CCCC1. The van der Waals surface area contributed by atoms with E-state index >= 15 is 0 Å². The molecule has 1 aliphatic rings. The van der Waals surface area contributed by atoms with Crippen molar-refractivity contribution in [1.82, 2.24) is 9.88 Å². The largest absolute Gasteiger partial charge is 0.395 e. The van der Waals surface area contributed by atoms with Crippen LogP contribution in [0.2, 0.25) is 0 Å². The maximum atomic E-state index is 12.8. The highest BCUT2D eigenvalue weighted by Gasteiger charge is 2.28. The van der Waals surface area contributed by atoms with Gasteiger partial charge in [-0.1, -0.05) is 12.8 Å². The van der Waals surface area contributed by atoms with Crippen LogP contribution in [0.15, 0.2) is 18.5 Å². The summed E-state index contributed by atoms with van der Waals surface area (Å²) in [5, 5.41) is 12.4. The number of carbonyl (C=O) groups is 1. The Balaban J connectivity index is 2.22. The smallest absolute Gasteiger partial charge is 0.256 e. The zero-order valence-corrected chi connectivity index (χ0v) is 12.0. The van der Waals surface area contributed by atoms with E-state index in [-0.39, 0.29) is 18.6 Å². The Hall–Kier alpha value is -1.62. The lowest BCUT2D eigenvalue weighted by Crippen LogP contribution is -2.41. The predicted molar refractivity (Wildman–Crippen MR) is 78.8 cm³/mol. The summed E-state index contributed by atoms with van der Waals surface area (Å²) >= 11 is 0. The molecule has 5 nitrogen and oxygen atoms in total. The summed E-state index contributed by atoms with van der Waals surface area (Å²) in [6.07, 6.45) is 7.72. The average Bonchev–Trinajstić information content (AvgIpc) is 2.99. The van der Waals surface area contributed by atoms with Gasteiger partial charge in [-0.3, -0.25) is 9.78 Å². The summed E-state index contributed by atoms with van der Waals surface area (Å²) in [6, 6.07) is 2.01. The fourth-order valence-corrected chi connectivity index (χ4v) is 2.84. The first-order valence-corrected chi connectivity index (χ1v) is 7.37. The second kappa shape index (κ2) is 7.24. The molecule has 0 unspecified atom stereocenters. The predicted octanol–water partition coefficient (Wildman–Crippen LogP) is 1.89. The molecule has 1 saturated carbocycles. The van der Waals surface area contributed by atoms with Crippen molar-refractivity contribution in [3.63, 3.8) is 0 Å². The van der Waals surface area contributed by atoms with Gasteiger partial charge in [-0.25, -0.2) is 0 Å². The molecular weight excluding hydrogens is 254 g/mol. The standard InChI is InChI=1S/C15H23N3O2/c1-2-17-14-11-16-8-7-13(14)15(20)18(9-10-19)12-5-3-4-6-12/h7-8,11-12,17,19H,2-6,9-10H2,1H3. The van der Waals surface area contributed by atoms with Gasteiger partial charge in [0.25, 0.3) is 5.91 Å². The third-order valence-corrected chi connectivity index (χ3v) is 3.79. The van der Waals surface area contributed by atoms with Gasteiger partial charge in [-0.05, 0) is 25.8 Å². The number of hydrogen-bond donors (Lipinski definition) is 2. The number of aliphatic hydroxyl groups is 1. The number of aromatic nitrogens is 1. The number of nitrogens with zero attached hydrogens (tertiary/aromatic N) is 2. The van der Waals surface area contributed by atoms with Crippen molar-refractivity contribution >= 4 is 11.6 Å². The van der Waals surface area contributed by atoms with Crippen LogP contribution in [0.4, 0.5) is 5.69 Å². The van der Waals surface area contributed by atoms with E-state index in [9.17, 15) is 9.90 Å². The highest BCUT2D eigenvalue weighted by Crippen LogP contribution is 2.26. The maximum absolute atomic E-state index is 12.8. The monoisotopic (exact) mass is 277 g/mol. The Morgan fingerprint density at radius 3 is 2.90 bits per heavy atom. The van der Waals surface area contributed by atoms with Crippen LogP contribution in [0.5, 0.6) is 0 Å². The summed E-state index contributed by atoms with van der Waals surface area (Å²) in [5.74, 6) is -0.00991. The van der Waals surface area contributed by atoms with E-state index in [2.05, 4.69) is 10.3 Å². The second-order valence-corrected chi connectivity index (χ2v) is 5.11. The van der Waals surface area contributed by atoms with Crippen LogP contribution >= 0.6 is 0 Å². The quantitative estimate of drug-likeness (QED) is 0.833. The number of amides is 1. The van der Waals surface area contributed by atoms with Gasteiger partial charge in [0.1, 0.15) is 0 Å². The van der Waals surface area contributed by atoms with Gasteiger partial charge >= 0.3 is 0 Å². The third kappa shape index (κ3) is 3.28. The van der Waals surface area contributed by atoms with Gasteiger partial charge in [0.15, 0.2) is 0 Å². The van der Waals surface area contributed by atoms with Crippen LogP contribution in [0.1, 0.15) is 43.0 Å². The van der Waals surface area contributed by atoms with Crippen LogP contribution in [-0.4, -0.2) is 46.6 Å². The van der Waals surface area contributed by atoms with Crippen LogP contribution in [-0.2, 0) is 0 Å². The zero-order chi connectivity index (χ0) is 14.4. The highest BCUT2D eigenvalue weighted by molar-refractivity contribution is 5.99. The van der Waals surface area contributed by atoms with Gasteiger partial charge in [0, 0.05) is 25.3 Å². The van der Waals surface area contributed by atoms with Crippen LogP contribution in [0.3, 0.4) is 0 Å². The van der Waals surface area contributed by atoms with Crippen molar-refractivity contribution in [2.45, 2.75) is 38.6 Å². The fourth-order valence-electron chi connectivity index (χ4n) is 2.84. The lowest BCUT2D eigenvalue weighted by atomic mass is 10.1. The molecule has 0 aromatic carbocycles. The molecule has 0 aliphatic heterocycles. The average molecular weight is 277 g/mol. The molecule has 1 heterocycles. The number of carbonyl (C=O) groups excluding carboxylic acids is 1. The molecule has 0 saturated heterocycles. The van der Waals surface area contributed by atoms with E-state index in [1.165, 1.54) is 0 Å². The van der Waals surface area contributed by atoms with Crippen molar-refractivity contribution < 1.29 is 9.90 Å². The van der Waals surface area contributed by atoms with E-state index < -0.39 is 0 Å². The Labute approximate surface area is 120 Å². The van der Waals surface area contributed by atoms with E-state index in [4.69, 9.17) is 0 Å². The summed E-state index contributed by atoms with van der Waals surface area (Å²) in [4.78, 5) is 18.7. The summed E-state index contributed by atoms with van der Waals surface area (Å²) < 4.78 is 0. The molecule has 1 aromatic heterocycles. The molecule has 20 heavy (non-hydrogen) atoms. The van der Waals surface area contributed by atoms with Gasteiger partial charge in [-0.15, -0.1) is 0 Å². The number of anilines is 1. The number of aliphatic hydroxyl groups excluding tert-OH is 1. The molecule has 5 heteroatoms. The molecule has 0 spiro atoms. The molecule has 0 bridgehead atoms. The summed E-state index contributed by atoms with van der Waals surface area (Å²) in [6.45, 7) is 3.14. The van der Waals surface area contributed by atoms with E-state index in [1.54, 1.807) is 18.5 Å². The number of pyridine rings is 1. The van der Waals surface area contributed by atoms with Gasteiger partial charge < -0.3 is 15.3 Å². The lowest BCUT2D eigenvalue weighted by Gasteiger charge is -2.29. The first-order valence-electron chi connectivity index (χ1n) is 7.37. The minimum atomic E-state index is -0.00991. The summed E-state index contributed by atoms with van der Waals surface area (Å²) in [5.41, 5.74) is 1.41. The minimum Gasteiger partial charge on any atom is -0.395 e. The van der Waals surface area contributed by atoms with Crippen LogP contribution in [0.25, 0.3) is 0 Å². The van der Waals surface area contributed by atoms with Crippen molar-refractivity contribution in [2.24, 2.45) is 0 Å². The van der Waals surface area contributed by atoms with Crippen LogP contribution < -0.4 is 5.32 Å². The van der Waals surface area contributed by atoms with Crippen molar-refractivity contribution in [3.05, 3.63) is 24.0 Å². The Kier molecular flexibility index (Phi) is 5.35. The van der Waals surface area contributed by atoms with Gasteiger partial charge in [0.2, 0.25) is 0 Å². The number of rotatable bonds is 6. The Morgan fingerprint density at radius 2 is 2.25 bits per heavy atom. The molecule has 1 aromatic rings. The highest BCUT2D eigenvalue weighted by atomic mass is 16.3. The fraction of sp³-hybridized carbons (Fsp3) is 0.600. The first kappa shape index (κ1) is 14.8. The first-order chi connectivity index (χ1) is 9.77. The zero-order valence-electron chi connectivity index (χ0n) is 12.0. The Bertz CT molecular complexity index is 444. The minimum absolute atomic E-state index is 0.00383. The van der Waals surface area contributed by atoms with Crippen LogP contribution in [0, 0.1) is 0 Å². The van der Waals surface area contributed by atoms with E-state index in [0.29, 0.717) is 12.1 Å². The Morgan fingerprint density at radius 1 is 1.50 bits per heavy atom. The molecule has 1 fully saturated rings. The molecule has 110 valence electrons. The molecule has 2 N–H and O–H groups in total. The van der Waals surface area contributed by atoms with Crippen molar-refractivity contribution in [1.29, 1.82) is 0 Å². The lowest BCUT2D eigenvalue weighted by molar-refractivity contribution is 0.0639. The number of hydrogen-bond acceptors (Lipinski definition) is 4. The molecule has 0 radical (unpaired) electrons. The van der Waals surface area contributed by atoms with E-state index in [1.807, 2.05) is 11.8 Å². The molecule has 2 rings (SSSR count). The number of nitrogens with one attached hydrogen (secondary N) is 1. The third-order valence-electron chi connectivity index (χ3n) is 3.79. The van der Waals surface area contributed by atoms with Gasteiger partial charge in [0.05, 0.1) is 24.1 Å². The van der Waals surface area contributed by atoms with Crippen molar-refractivity contribution in [2.75, 3.05) is 25.0 Å². The summed E-state index contributed by atoms with van der Waals surface area (Å²) in [7, 11) is 0. The molecule has 0 atom stereocenters. The van der Waals surface area contributed by atoms with E-state index in [0.717, 1.165) is 37.9 Å². The normalized spacial score (nSPS) is 15.3. The van der Waals surface area contributed by atoms with Crippen molar-refractivity contribution in [3.8, 4) is 0 Å². The van der Waals surface area contributed by atoms with Gasteiger partial charge in [-0.2, -0.15) is 0 Å². The second-order valence-electron chi connectivity index (χ2n) is 5.11. The maximum Gasteiger partial charge on any atom is 0.256 e. The molecule has 1 amide bonds.